The molecule has 4 nitrogen and oxygen atoms in total. The highest BCUT2D eigenvalue weighted by molar-refractivity contribution is 9.10. The van der Waals surface area contributed by atoms with Gasteiger partial charge in [0.25, 0.3) is 0 Å². The summed E-state index contributed by atoms with van der Waals surface area (Å²) in [5.41, 5.74) is 1.52. The third-order valence-corrected chi connectivity index (χ3v) is 4.34. The first-order valence-electron chi connectivity index (χ1n) is 7.67. The van der Waals surface area contributed by atoms with Crippen LogP contribution in [-0.4, -0.2) is 12.6 Å². The van der Waals surface area contributed by atoms with Gasteiger partial charge in [-0.3, -0.25) is 4.79 Å². The maximum absolute atomic E-state index is 12.3. The fraction of sp³-hybridized carbons (Fsp3) is 0.0500. The summed E-state index contributed by atoms with van der Waals surface area (Å²) < 4.78 is 17.3. The lowest BCUT2D eigenvalue weighted by Crippen LogP contribution is -1.94. The third-order valence-electron chi connectivity index (χ3n) is 3.81. The SMILES string of the molecule is O=C(/C=C/c1ccc(-c2ccc(Br)cc2)o1)c1ccc2c(c1)OCO2. The number of hydrogen-bond donors (Lipinski definition) is 0. The molecule has 0 aliphatic carbocycles. The Labute approximate surface area is 152 Å². The van der Waals surface area contributed by atoms with E-state index in [0.29, 0.717) is 22.8 Å². The van der Waals surface area contributed by atoms with Crippen molar-refractivity contribution in [3.63, 3.8) is 0 Å². The number of furan rings is 1. The summed E-state index contributed by atoms with van der Waals surface area (Å²) in [5, 5.41) is 0. The van der Waals surface area contributed by atoms with E-state index >= 15 is 0 Å². The highest BCUT2D eigenvalue weighted by atomic mass is 79.9. The fourth-order valence-electron chi connectivity index (χ4n) is 2.52. The molecule has 0 saturated heterocycles. The molecule has 4 rings (SSSR count). The second-order valence-electron chi connectivity index (χ2n) is 5.47. The van der Waals surface area contributed by atoms with E-state index in [4.69, 9.17) is 13.9 Å². The molecule has 5 heteroatoms. The first kappa shape index (κ1) is 15.7. The molecule has 1 aliphatic rings. The van der Waals surface area contributed by atoms with Gasteiger partial charge in [-0.1, -0.05) is 28.1 Å². The number of carbonyl (C=O) groups is 1. The van der Waals surface area contributed by atoms with Crippen molar-refractivity contribution in [1.82, 2.24) is 0 Å². The van der Waals surface area contributed by atoms with Crippen molar-refractivity contribution >= 4 is 27.8 Å². The second kappa shape index (κ2) is 6.61. The molecular weight excluding hydrogens is 384 g/mol. The van der Waals surface area contributed by atoms with Crippen LogP contribution in [0.25, 0.3) is 17.4 Å². The molecule has 0 atom stereocenters. The minimum absolute atomic E-state index is 0.125. The highest BCUT2D eigenvalue weighted by Gasteiger charge is 2.15. The van der Waals surface area contributed by atoms with Gasteiger partial charge in [0.2, 0.25) is 6.79 Å². The van der Waals surface area contributed by atoms with Crippen LogP contribution in [0.1, 0.15) is 16.1 Å². The quantitative estimate of drug-likeness (QED) is 0.441. The largest absolute Gasteiger partial charge is 0.457 e. The Kier molecular flexibility index (Phi) is 4.15. The minimum Gasteiger partial charge on any atom is -0.457 e. The zero-order valence-corrected chi connectivity index (χ0v) is 14.7. The zero-order chi connectivity index (χ0) is 17.2. The molecule has 3 aromatic rings. The molecule has 124 valence electrons. The van der Waals surface area contributed by atoms with Crippen molar-refractivity contribution in [1.29, 1.82) is 0 Å². The number of benzene rings is 2. The molecule has 2 heterocycles. The number of halogens is 1. The van der Waals surface area contributed by atoms with Crippen LogP contribution in [0.2, 0.25) is 0 Å². The van der Waals surface area contributed by atoms with Gasteiger partial charge in [0, 0.05) is 15.6 Å². The smallest absolute Gasteiger partial charge is 0.231 e. The van der Waals surface area contributed by atoms with E-state index in [0.717, 1.165) is 15.8 Å². The molecule has 1 aliphatic heterocycles. The van der Waals surface area contributed by atoms with Crippen LogP contribution in [0.4, 0.5) is 0 Å². The van der Waals surface area contributed by atoms with Gasteiger partial charge in [-0.05, 0) is 54.6 Å². The topological polar surface area (TPSA) is 48.7 Å². The van der Waals surface area contributed by atoms with E-state index in [2.05, 4.69) is 15.9 Å². The van der Waals surface area contributed by atoms with Crippen LogP contribution in [0, 0.1) is 0 Å². The Bertz CT molecular complexity index is 954. The maximum atomic E-state index is 12.3. The van der Waals surface area contributed by atoms with Crippen LogP contribution in [0.3, 0.4) is 0 Å². The standard InChI is InChI=1S/C20H13BrO4/c21-15-4-1-13(2-5-15)18-10-7-16(25-18)6-8-17(22)14-3-9-19-20(11-14)24-12-23-19/h1-11H,12H2/b8-6+. The van der Waals surface area contributed by atoms with Crippen LogP contribution in [0.15, 0.2) is 69.6 Å². The summed E-state index contributed by atoms with van der Waals surface area (Å²) in [5.74, 6) is 2.50. The lowest BCUT2D eigenvalue weighted by atomic mass is 10.1. The lowest BCUT2D eigenvalue weighted by molar-refractivity contribution is 0.104. The Morgan fingerprint density at radius 2 is 1.76 bits per heavy atom. The molecule has 2 aromatic carbocycles. The number of ether oxygens (including phenoxy) is 2. The number of rotatable bonds is 4. The average molecular weight is 397 g/mol. The van der Waals surface area contributed by atoms with E-state index in [-0.39, 0.29) is 12.6 Å². The summed E-state index contributed by atoms with van der Waals surface area (Å²) in [6.45, 7) is 0.189. The Morgan fingerprint density at radius 1 is 0.960 bits per heavy atom. The van der Waals surface area contributed by atoms with Gasteiger partial charge in [0.15, 0.2) is 17.3 Å². The summed E-state index contributed by atoms with van der Waals surface area (Å²) >= 11 is 3.41. The first-order chi connectivity index (χ1) is 12.2. The molecule has 0 N–H and O–H groups in total. The van der Waals surface area contributed by atoms with E-state index in [1.54, 1.807) is 24.3 Å². The summed E-state index contributed by atoms with van der Waals surface area (Å²) in [7, 11) is 0. The van der Waals surface area contributed by atoms with E-state index < -0.39 is 0 Å². The van der Waals surface area contributed by atoms with Crippen molar-refractivity contribution in [3.05, 3.63) is 76.5 Å². The van der Waals surface area contributed by atoms with Crippen molar-refractivity contribution < 1.29 is 18.7 Å². The van der Waals surface area contributed by atoms with Crippen LogP contribution < -0.4 is 9.47 Å². The molecular formula is C20H13BrO4. The predicted octanol–water partition coefficient (Wildman–Crippen LogP) is 5.33. The first-order valence-corrected chi connectivity index (χ1v) is 8.46. The fourth-order valence-corrected chi connectivity index (χ4v) is 2.78. The summed E-state index contributed by atoms with van der Waals surface area (Å²) in [4.78, 5) is 12.3. The molecule has 1 aromatic heterocycles. The van der Waals surface area contributed by atoms with Gasteiger partial charge in [0.05, 0.1) is 0 Å². The average Bonchev–Trinajstić information content (AvgIpc) is 3.29. The number of carbonyl (C=O) groups excluding carboxylic acids is 1. The van der Waals surface area contributed by atoms with Gasteiger partial charge < -0.3 is 13.9 Å². The highest BCUT2D eigenvalue weighted by Crippen LogP contribution is 2.32. The van der Waals surface area contributed by atoms with Gasteiger partial charge in [-0.25, -0.2) is 0 Å². The molecule has 0 fully saturated rings. The van der Waals surface area contributed by atoms with E-state index in [1.807, 2.05) is 36.4 Å². The molecule has 25 heavy (non-hydrogen) atoms. The van der Waals surface area contributed by atoms with E-state index in [9.17, 15) is 4.79 Å². The normalized spacial score (nSPS) is 12.7. The maximum Gasteiger partial charge on any atom is 0.231 e. The molecule has 0 bridgehead atoms. The lowest BCUT2D eigenvalue weighted by Gasteiger charge is -1.99. The summed E-state index contributed by atoms with van der Waals surface area (Å²) in [6, 6.07) is 16.7. The molecule has 0 radical (unpaired) electrons. The number of fused-ring (bicyclic) bond motifs is 1. The predicted molar refractivity (Wildman–Crippen MR) is 97.8 cm³/mol. The molecule has 0 amide bonds. The Hall–Kier alpha value is -2.79. The molecule has 0 saturated carbocycles. The van der Waals surface area contributed by atoms with Crippen molar-refractivity contribution in [2.75, 3.05) is 6.79 Å². The van der Waals surface area contributed by atoms with E-state index in [1.165, 1.54) is 6.08 Å². The zero-order valence-electron chi connectivity index (χ0n) is 13.1. The second-order valence-corrected chi connectivity index (χ2v) is 6.39. The van der Waals surface area contributed by atoms with Gasteiger partial charge in [-0.2, -0.15) is 0 Å². The third kappa shape index (κ3) is 3.37. The molecule has 0 spiro atoms. The van der Waals surface area contributed by atoms with Crippen LogP contribution >= 0.6 is 15.9 Å². The molecule has 0 unspecified atom stereocenters. The minimum atomic E-state index is -0.125. The Morgan fingerprint density at radius 3 is 2.60 bits per heavy atom. The van der Waals surface area contributed by atoms with Crippen molar-refractivity contribution in [3.8, 4) is 22.8 Å². The monoisotopic (exact) mass is 396 g/mol. The number of ketones is 1. The van der Waals surface area contributed by atoms with Crippen LogP contribution in [-0.2, 0) is 0 Å². The van der Waals surface area contributed by atoms with Gasteiger partial charge >= 0.3 is 0 Å². The van der Waals surface area contributed by atoms with Crippen molar-refractivity contribution in [2.45, 2.75) is 0 Å². The van der Waals surface area contributed by atoms with Crippen LogP contribution in [0.5, 0.6) is 11.5 Å². The number of allylic oxidation sites excluding steroid dienone is 1. The van der Waals surface area contributed by atoms with Gasteiger partial charge in [0.1, 0.15) is 11.5 Å². The number of hydrogen-bond acceptors (Lipinski definition) is 4. The Balaban J connectivity index is 1.50. The van der Waals surface area contributed by atoms with Gasteiger partial charge in [-0.15, -0.1) is 0 Å². The van der Waals surface area contributed by atoms with Crippen molar-refractivity contribution in [2.24, 2.45) is 0 Å². The summed E-state index contributed by atoms with van der Waals surface area (Å²) in [6.07, 6.45) is 3.15.